The summed E-state index contributed by atoms with van der Waals surface area (Å²) in [5, 5.41) is 20.9. The van der Waals surface area contributed by atoms with Gasteiger partial charge < -0.3 is 11.5 Å². The Morgan fingerprint density at radius 3 is 2.00 bits per heavy atom. The molecule has 0 bridgehead atoms. The Bertz CT molecular complexity index is 422. The van der Waals surface area contributed by atoms with Gasteiger partial charge in [-0.1, -0.05) is 0 Å². The molecule has 0 amide bonds. The number of nitrogens with zero attached hydrogens (tertiary/aromatic N) is 2. The number of rotatable bonds is 2. The zero-order chi connectivity index (χ0) is 10.9. The zero-order valence-corrected chi connectivity index (χ0v) is 9.43. The molecule has 15 heavy (non-hydrogen) atoms. The first kappa shape index (κ1) is 13.3. The standard InChI is InChI=1S/C6H6N4O4.Pt/c7-3-1-2-4(9(11)12)6(5(3)8)10(13)14;/h1-2H,7-8H2;. The van der Waals surface area contributed by atoms with Crippen LogP contribution in [0.2, 0.25) is 0 Å². The second-order valence-corrected chi connectivity index (χ2v) is 2.45. The van der Waals surface area contributed by atoms with Crippen molar-refractivity contribution in [2.45, 2.75) is 0 Å². The maximum atomic E-state index is 10.5. The molecule has 0 heterocycles. The van der Waals surface area contributed by atoms with Crippen LogP contribution in [0.3, 0.4) is 0 Å². The first-order valence-electron chi connectivity index (χ1n) is 3.42. The van der Waals surface area contributed by atoms with Crippen molar-refractivity contribution in [3.05, 3.63) is 32.4 Å². The maximum Gasteiger partial charge on any atom is 0.370 e. The molecule has 0 fully saturated rings. The minimum absolute atomic E-state index is 0. The van der Waals surface area contributed by atoms with Gasteiger partial charge in [0.15, 0.2) is 0 Å². The van der Waals surface area contributed by atoms with Gasteiger partial charge in [0.2, 0.25) is 0 Å². The van der Waals surface area contributed by atoms with Gasteiger partial charge in [0.1, 0.15) is 5.69 Å². The van der Waals surface area contributed by atoms with Crippen molar-refractivity contribution in [1.29, 1.82) is 0 Å². The van der Waals surface area contributed by atoms with Crippen LogP contribution in [-0.2, 0) is 21.1 Å². The van der Waals surface area contributed by atoms with Crippen LogP contribution in [0.4, 0.5) is 22.7 Å². The van der Waals surface area contributed by atoms with Crippen LogP contribution in [0.5, 0.6) is 0 Å². The minimum atomic E-state index is -0.927. The van der Waals surface area contributed by atoms with Crippen molar-refractivity contribution in [2.75, 3.05) is 11.5 Å². The molecule has 0 atom stereocenters. The molecule has 1 aromatic carbocycles. The Balaban J connectivity index is 0.00000196. The molecule has 0 aliphatic rings. The van der Waals surface area contributed by atoms with Gasteiger partial charge in [-0.25, -0.2) is 0 Å². The normalized spacial score (nSPS) is 9.07. The maximum absolute atomic E-state index is 10.5. The molecule has 8 nitrogen and oxygen atoms in total. The van der Waals surface area contributed by atoms with E-state index in [1.807, 2.05) is 0 Å². The Morgan fingerprint density at radius 2 is 1.60 bits per heavy atom. The van der Waals surface area contributed by atoms with Crippen molar-refractivity contribution in [3.8, 4) is 0 Å². The van der Waals surface area contributed by atoms with Crippen molar-refractivity contribution < 1.29 is 30.9 Å². The molecule has 0 spiro atoms. The van der Waals surface area contributed by atoms with Crippen molar-refractivity contribution >= 4 is 22.7 Å². The molecule has 0 radical (unpaired) electrons. The molecule has 0 aliphatic heterocycles. The molecule has 1 aromatic rings. The fourth-order valence-electron chi connectivity index (χ4n) is 0.951. The van der Waals surface area contributed by atoms with E-state index in [4.69, 9.17) is 11.5 Å². The summed E-state index contributed by atoms with van der Waals surface area (Å²) in [6.45, 7) is 0. The first-order chi connectivity index (χ1) is 6.45. The number of nitro benzene ring substituents is 2. The number of hydrogen-bond acceptors (Lipinski definition) is 6. The van der Waals surface area contributed by atoms with Crippen molar-refractivity contribution in [3.63, 3.8) is 0 Å². The van der Waals surface area contributed by atoms with Crippen LogP contribution in [0.15, 0.2) is 12.1 Å². The van der Waals surface area contributed by atoms with E-state index >= 15 is 0 Å². The third kappa shape index (κ3) is 2.41. The largest absolute Gasteiger partial charge is 0.397 e. The van der Waals surface area contributed by atoms with Crippen LogP contribution in [-0.4, -0.2) is 9.85 Å². The Kier molecular flexibility index (Phi) is 4.17. The summed E-state index contributed by atoms with van der Waals surface area (Å²) in [7, 11) is 0. The van der Waals surface area contributed by atoms with E-state index in [1.165, 1.54) is 0 Å². The molecular weight excluding hydrogens is 387 g/mol. The summed E-state index contributed by atoms with van der Waals surface area (Å²) in [6.07, 6.45) is 0. The predicted molar refractivity (Wildman–Crippen MR) is 48.6 cm³/mol. The van der Waals surface area contributed by atoms with Gasteiger partial charge in [-0.3, -0.25) is 20.2 Å². The van der Waals surface area contributed by atoms with Crippen LogP contribution in [0, 0.1) is 20.2 Å². The fraction of sp³-hybridized carbons (Fsp3) is 0. The van der Waals surface area contributed by atoms with Crippen LogP contribution in [0.1, 0.15) is 0 Å². The summed E-state index contributed by atoms with van der Waals surface area (Å²) >= 11 is 0. The zero-order valence-electron chi connectivity index (χ0n) is 7.15. The quantitative estimate of drug-likeness (QED) is 0.430. The van der Waals surface area contributed by atoms with Gasteiger partial charge in [-0.05, 0) is 6.07 Å². The minimum Gasteiger partial charge on any atom is -0.397 e. The first-order valence-corrected chi connectivity index (χ1v) is 3.42. The van der Waals surface area contributed by atoms with E-state index in [1.54, 1.807) is 0 Å². The monoisotopic (exact) mass is 393 g/mol. The number of nitrogen functional groups attached to an aromatic ring is 2. The number of nitrogens with two attached hydrogens (primary N) is 2. The van der Waals surface area contributed by atoms with Crippen LogP contribution >= 0.6 is 0 Å². The topological polar surface area (TPSA) is 138 Å². The summed E-state index contributed by atoms with van der Waals surface area (Å²) < 4.78 is 0. The van der Waals surface area contributed by atoms with E-state index in [-0.39, 0.29) is 32.4 Å². The molecular formula is C6H6N4O4Pt. The predicted octanol–water partition coefficient (Wildman–Crippen LogP) is 0.665. The molecule has 0 aliphatic carbocycles. The Labute approximate surface area is 97.8 Å². The van der Waals surface area contributed by atoms with Gasteiger partial charge in [-0.15, -0.1) is 0 Å². The van der Waals surface area contributed by atoms with E-state index < -0.39 is 21.2 Å². The number of anilines is 2. The summed E-state index contributed by atoms with van der Waals surface area (Å²) in [5.41, 5.74) is 8.65. The van der Waals surface area contributed by atoms with Crippen LogP contribution < -0.4 is 11.5 Å². The van der Waals surface area contributed by atoms with Crippen LogP contribution in [0.25, 0.3) is 0 Å². The van der Waals surface area contributed by atoms with Gasteiger partial charge in [0, 0.05) is 27.1 Å². The van der Waals surface area contributed by atoms with Gasteiger partial charge >= 0.3 is 11.4 Å². The molecule has 9 heteroatoms. The molecule has 0 aromatic heterocycles. The number of benzene rings is 1. The molecule has 1 rings (SSSR count). The molecule has 4 N–H and O–H groups in total. The second-order valence-electron chi connectivity index (χ2n) is 2.45. The van der Waals surface area contributed by atoms with E-state index in [9.17, 15) is 20.2 Å². The van der Waals surface area contributed by atoms with Crippen molar-refractivity contribution in [1.82, 2.24) is 0 Å². The van der Waals surface area contributed by atoms with Gasteiger partial charge in [0.25, 0.3) is 0 Å². The van der Waals surface area contributed by atoms with Gasteiger partial charge in [0.05, 0.1) is 15.5 Å². The number of nitro groups is 2. The SMILES string of the molecule is Nc1ccc([N+](=O)[O-])c([N+](=O)[O-])c1N.[Pt]. The third-order valence-corrected chi connectivity index (χ3v) is 1.61. The average Bonchev–Trinajstić information content (AvgIpc) is 2.08. The summed E-state index contributed by atoms with van der Waals surface area (Å²) in [5.74, 6) is 0. The molecule has 0 saturated heterocycles. The average molecular weight is 393 g/mol. The second kappa shape index (κ2) is 4.70. The number of hydrogen-bond donors (Lipinski definition) is 2. The van der Waals surface area contributed by atoms with E-state index in [0.29, 0.717) is 0 Å². The Hall–Kier alpha value is -1.69. The third-order valence-electron chi connectivity index (χ3n) is 1.61. The molecule has 84 valence electrons. The molecule has 0 saturated carbocycles. The summed E-state index contributed by atoms with van der Waals surface area (Å²) in [4.78, 5) is 19.1. The summed E-state index contributed by atoms with van der Waals surface area (Å²) in [6, 6.07) is 2.10. The fourth-order valence-corrected chi connectivity index (χ4v) is 0.951. The van der Waals surface area contributed by atoms with E-state index in [0.717, 1.165) is 12.1 Å². The smallest absolute Gasteiger partial charge is 0.370 e. The Morgan fingerprint density at radius 1 is 1.07 bits per heavy atom. The van der Waals surface area contributed by atoms with Crippen molar-refractivity contribution in [2.24, 2.45) is 0 Å². The van der Waals surface area contributed by atoms with E-state index in [2.05, 4.69) is 0 Å². The van der Waals surface area contributed by atoms with Gasteiger partial charge in [-0.2, -0.15) is 0 Å². The molecule has 0 unspecified atom stereocenters.